The fourth-order valence-corrected chi connectivity index (χ4v) is 1.88. The monoisotopic (exact) mass is 187 g/mol. The Kier molecular flexibility index (Phi) is 3.27. The van der Waals surface area contributed by atoms with E-state index in [0.717, 1.165) is 25.7 Å². The van der Waals surface area contributed by atoms with Crippen molar-refractivity contribution in [3.63, 3.8) is 0 Å². The molecule has 1 rings (SSSR count). The Morgan fingerprint density at radius 3 is 2.54 bits per heavy atom. The lowest BCUT2D eigenvalue weighted by Crippen LogP contribution is -2.46. The molecule has 0 bridgehead atoms. The van der Waals surface area contributed by atoms with E-state index in [-0.39, 0.29) is 12.5 Å². The number of carboxylic acid groups (broad SMARTS) is 1. The maximum atomic E-state index is 10.5. The normalized spacial score (nSPS) is 34.5. The summed E-state index contributed by atoms with van der Waals surface area (Å²) in [5.41, 5.74) is 5.44. The lowest BCUT2D eigenvalue weighted by Gasteiger charge is -2.35. The van der Waals surface area contributed by atoms with Gasteiger partial charge in [-0.15, -0.1) is 0 Å². The van der Waals surface area contributed by atoms with E-state index in [1.165, 1.54) is 0 Å². The summed E-state index contributed by atoms with van der Waals surface area (Å²) in [6.45, 7) is 0. The lowest BCUT2D eigenvalue weighted by molar-refractivity contribution is -0.139. The molecule has 0 radical (unpaired) electrons. The van der Waals surface area contributed by atoms with Gasteiger partial charge in [-0.1, -0.05) is 0 Å². The molecule has 13 heavy (non-hydrogen) atoms. The van der Waals surface area contributed by atoms with Gasteiger partial charge in [0.15, 0.2) is 0 Å². The Morgan fingerprint density at radius 2 is 2.15 bits per heavy atom. The van der Waals surface area contributed by atoms with Crippen LogP contribution in [0.15, 0.2) is 0 Å². The van der Waals surface area contributed by atoms with Crippen LogP contribution in [0.4, 0.5) is 0 Å². The first-order valence-electron chi connectivity index (χ1n) is 4.59. The summed E-state index contributed by atoms with van der Waals surface area (Å²) in [5, 5.41) is 8.64. The van der Waals surface area contributed by atoms with Crippen LogP contribution in [0.2, 0.25) is 0 Å². The van der Waals surface area contributed by atoms with Crippen LogP contribution in [0.1, 0.15) is 32.1 Å². The molecule has 1 fully saturated rings. The summed E-state index contributed by atoms with van der Waals surface area (Å²) in [4.78, 5) is 10.5. The molecule has 1 aliphatic rings. The van der Waals surface area contributed by atoms with Crippen molar-refractivity contribution in [2.24, 2.45) is 5.73 Å². The Hall–Kier alpha value is -0.610. The van der Waals surface area contributed by atoms with Crippen molar-refractivity contribution in [1.29, 1.82) is 0 Å². The van der Waals surface area contributed by atoms with Gasteiger partial charge in [0, 0.05) is 12.6 Å². The molecule has 0 aliphatic heterocycles. The molecule has 1 saturated carbocycles. The average Bonchev–Trinajstić information content (AvgIpc) is 2.04. The van der Waals surface area contributed by atoms with Crippen LogP contribution < -0.4 is 5.73 Å². The minimum atomic E-state index is -0.807. The van der Waals surface area contributed by atoms with E-state index in [4.69, 9.17) is 15.6 Å². The number of methoxy groups -OCH3 is 1. The highest BCUT2D eigenvalue weighted by Gasteiger charge is 2.33. The number of rotatable bonds is 3. The van der Waals surface area contributed by atoms with Crippen LogP contribution in [0, 0.1) is 0 Å². The second kappa shape index (κ2) is 4.07. The van der Waals surface area contributed by atoms with Crippen LogP contribution in [0.3, 0.4) is 0 Å². The number of ether oxygens (including phenoxy) is 1. The molecule has 0 spiro atoms. The molecule has 76 valence electrons. The number of nitrogens with two attached hydrogens (primary N) is 1. The van der Waals surface area contributed by atoms with Gasteiger partial charge in [0.1, 0.15) is 0 Å². The number of hydrogen-bond acceptors (Lipinski definition) is 3. The zero-order chi connectivity index (χ0) is 9.90. The van der Waals surface area contributed by atoms with Gasteiger partial charge in [0.05, 0.1) is 12.5 Å². The minimum absolute atomic E-state index is 0.0729. The highest BCUT2D eigenvalue weighted by molar-refractivity contribution is 5.68. The SMILES string of the molecule is COC1CCC(N)(CC(=O)O)CC1. The van der Waals surface area contributed by atoms with E-state index in [0.29, 0.717) is 0 Å². The molecule has 4 nitrogen and oxygen atoms in total. The van der Waals surface area contributed by atoms with Gasteiger partial charge in [-0.25, -0.2) is 0 Å². The first-order valence-corrected chi connectivity index (χ1v) is 4.59. The van der Waals surface area contributed by atoms with Crippen LogP contribution in [-0.4, -0.2) is 29.8 Å². The largest absolute Gasteiger partial charge is 0.481 e. The van der Waals surface area contributed by atoms with E-state index in [1.54, 1.807) is 7.11 Å². The van der Waals surface area contributed by atoms with Crippen molar-refractivity contribution in [3.05, 3.63) is 0 Å². The number of carbonyl (C=O) groups is 1. The van der Waals surface area contributed by atoms with E-state index in [2.05, 4.69) is 0 Å². The van der Waals surface area contributed by atoms with Gasteiger partial charge in [-0.05, 0) is 25.7 Å². The molecule has 0 aromatic heterocycles. The number of aliphatic carboxylic acids is 1. The minimum Gasteiger partial charge on any atom is -0.481 e. The summed E-state index contributed by atoms with van der Waals surface area (Å²) in [5.74, 6) is -0.807. The number of carboxylic acids is 1. The first kappa shape index (κ1) is 10.5. The van der Waals surface area contributed by atoms with Crippen LogP contribution in [-0.2, 0) is 9.53 Å². The van der Waals surface area contributed by atoms with Gasteiger partial charge < -0.3 is 15.6 Å². The molecule has 0 aromatic rings. The third-order valence-electron chi connectivity index (χ3n) is 2.77. The van der Waals surface area contributed by atoms with E-state index < -0.39 is 11.5 Å². The van der Waals surface area contributed by atoms with Crippen LogP contribution in [0.25, 0.3) is 0 Å². The maximum Gasteiger partial charge on any atom is 0.305 e. The Morgan fingerprint density at radius 1 is 1.62 bits per heavy atom. The van der Waals surface area contributed by atoms with Gasteiger partial charge in [-0.3, -0.25) is 4.79 Å². The van der Waals surface area contributed by atoms with Crippen molar-refractivity contribution in [1.82, 2.24) is 0 Å². The predicted molar refractivity (Wildman–Crippen MR) is 48.4 cm³/mol. The zero-order valence-electron chi connectivity index (χ0n) is 7.95. The van der Waals surface area contributed by atoms with Crippen molar-refractivity contribution in [2.75, 3.05) is 7.11 Å². The molecule has 1 aliphatic carbocycles. The van der Waals surface area contributed by atoms with Crippen LogP contribution >= 0.6 is 0 Å². The van der Waals surface area contributed by atoms with Crippen molar-refractivity contribution < 1.29 is 14.6 Å². The molecular formula is C9H17NO3. The molecule has 0 unspecified atom stereocenters. The molecular weight excluding hydrogens is 170 g/mol. The van der Waals surface area contributed by atoms with Crippen molar-refractivity contribution in [3.8, 4) is 0 Å². The first-order chi connectivity index (χ1) is 6.06. The second-order valence-corrected chi connectivity index (χ2v) is 3.87. The second-order valence-electron chi connectivity index (χ2n) is 3.87. The van der Waals surface area contributed by atoms with E-state index in [1.807, 2.05) is 0 Å². The van der Waals surface area contributed by atoms with Crippen molar-refractivity contribution in [2.45, 2.75) is 43.7 Å². The fourth-order valence-electron chi connectivity index (χ4n) is 1.88. The molecule has 0 amide bonds. The third-order valence-corrected chi connectivity index (χ3v) is 2.77. The quantitative estimate of drug-likeness (QED) is 0.683. The summed E-state index contributed by atoms with van der Waals surface area (Å²) in [6.07, 6.45) is 3.59. The zero-order valence-corrected chi connectivity index (χ0v) is 7.95. The summed E-state index contributed by atoms with van der Waals surface area (Å²) < 4.78 is 5.19. The van der Waals surface area contributed by atoms with Gasteiger partial charge in [0.2, 0.25) is 0 Å². The third kappa shape index (κ3) is 2.97. The van der Waals surface area contributed by atoms with Gasteiger partial charge >= 0.3 is 5.97 Å². The summed E-state index contributed by atoms with van der Waals surface area (Å²) in [7, 11) is 1.69. The van der Waals surface area contributed by atoms with Gasteiger partial charge in [0.25, 0.3) is 0 Å². The van der Waals surface area contributed by atoms with Crippen LogP contribution in [0.5, 0.6) is 0 Å². The molecule has 3 N–H and O–H groups in total. The average molecular weight is 187 g/mol. The molecule has 0 atom stereocenters. The molecule has 0 aromatic carbocycles. The van der Waals surface area contributed by atoms with E-state index >= 15 is 0 Å². The lowest BCUT2D eigenvalue weighted by atomic mass is 9.79. The predicted octanol–water partition coefficient (Wildman–Crippen LogP) is 0.748. The Labute approximate surface area is 78.1 Å². The Bertz CT molecular complexity index is 185. The maximum absolute atomic E-state index is 10.5. The smallest absolute Gasteiger partial charge is 0.305 e. The van der Waals surface area contributed by atoms with Gasteiger partial charge in [-0.2, -0.15) is 0 Å². The van der Waals surface area contributed by atoms with E-state index in [9.17, 15) is 4.79 Å². The fraction of sp³-hybridized carbons (Fsp3) is 0.889. The topological polar surface area (TPSA) is 72.5 Å². The standard InChI is InChI=1S/C9H17NO3/c1-13-7-2-4-9(10,5-3-7)6-8(11)12/h7H,2-6,10H2,1H3,(H,11,12). The Balaban J connectivity index is 2.41. The number of hydrogen-bond donors (Lipinski definition) is 2. The highest BCUT2D eigenvalue weighted by atomic mass is 16.5. The van der Waals surface area contributed by atoms with Crippen molar-refractivity contribution >= 4 is 5.97 Å². The highest BCUT2D eigenvalue weighted by Crippen LogP contribution is 2.30. The molecule has 0 heterocycles. The molecule has 4 heteroatoms. The molecule has 0 saturated heterocycles. The summed E-state index contributed by atoms with van der Waals surface area (Å²) >= 11 is 0. The summed E-state index contributed by atoms with van der Waals surface area (Å²) in [6, 6.07) is 0.